The molecule has 0 saturated carbocycles. The molecule has 1 aliphatic rings. The fourth-order valence-corrected chi connectivity index (χ4v) is 2.61. The summed E-state index contributed by atoms with van der Waals surface area (Å²) >= 11 is 0. The summed E-state index contributed by atoms with van der Waals surface area (Å²) in [5.41, 5.74) is 6.79. The first-order valence-electron chi connectivity index (χ1n) is 8.84. The molecule has 138 valence electrons. The highest BCUT2D eigenvalue weighted by Gasteiger charge is 2.24. The molecule has 0 bridgehead atoms. The minimum atomic E-state index is 0.139. The van der Waals surface area contributed by atoms with E-state index in [1.165, 1.54) is 0 Å². The Labute approximate surface area is 151 Å². The maximum atomic E-state index is 9.05. The molecule has 2 unspecified atom stereocenters. The second-order valence-corrected chi connectivity index (χ2v) is 6.36. The van der Waals surface area contributed by atoms with E-state index in [2.05, 4.69) is 55.4 Å². The van der Waals surface area contributed by atoms with Crippen molar-refractivity contribution >= 4 is 12.0 Å². The van der Waals surface area contributed by atoms with E-state index in [0.717, 1.165) is 43.0 Å². The van der Waals surface area contributed by atoms with Gasteiger partial charge in [-0.15, -0.1) is 0 Å². The smallest absolute Gasteiger partial charge is 0.133 e. The number of carbonyl (C=O) groups excluding carboxylic acids is 1. The van der Waals surface area contributed by atoms with Gasteiger partial charge >= 0.3 is 0 Å². The van der Waals surface area contributed by atoms with Gasteiger partial charge in [0.25, 0.3) is 0 Å². The monoisotopic (exact) mass is 345 g/mol. The van der Waals surface area contributed by atoms with Gasteiger partial charge in [-0.3, -0.25) is 0 Å². The van der Waals surface area contributed by atoms with Gasteiger partial charge in [0.15, 0.2) is 0 Å². The molecule has 2 rings (SSSR count). The molecule has 25 heavy (non-hydrogen) atoms. The quantitative estimate of drug-likeness (QED) is 0.357. The number of oxime groups is 1. The van der Waals surface area contributed by atoms with Gasteiger partial charge < -0.3 is 20.3 Å². The zero-order valence-electron chi connectivity index (χ0n) is 15.6. The van der Waals surface area contributed by atoms with Crippen molar-refractivity contribution in [1.82, 2.24) is 4.90 Å². The molecule has 0 spiro atoms. The summed E-state index contributed by atoms with van der Waals surface area (Å²) in [6.45, 7) is 10.7. The number of rotatable bonds is 7. The first-order valence-corrected chi connectivity index (χ1v) is 8.84. The van der Waals surface area contributed by atoms with Gasteiger partial charge in [0.1, 0.15) is 12.0 Å². The van der Waals surface area contributed by atoms with Gasteiger partial charge in [0.2, 0.25) is 0 Å². The number of likely N-dealkylation sites (tertiary alicyclic amines) is 1. The lowest BCUT2D eigenvalue weighted by Gasteiger charge is -2.15. The first-order chi connectivity index (χ1) is 12.0. The Balaban J connectivity index is 0.000000705. The molecule has 0 aliphatic carbocycles. The fourth-order valence-electron chi connectivity index (χ4n) is 2.61. The summed E-state index contributed by atoms with van der Waals surface area (Å²) in [5.74, 6) is 1.55. The van der Waals surface area contributed by atoms with Crippen molar-refractivity contribution in [2.75, 3.05) is 26.7 Å². The lowest BCUT2D eigenvalue weighted by atomic mass is 9.96. The normalized spacial score (nSPS) is 18.9. The van der Waals surface area contributed by atoms with Gasteiger partial charge in [-0.05, 0) is 32.0 Å². The molecule has 2 N–H and O–H groups in total. The van der Waals surface area contributed by atoms with Gasteiger partial charge in [-0.2, -0.15) is 0 Å². The maximum Gasteiger partial charge on any atom is 0.133 e. The number of nitrogens with zero attached hydrogens (tertiary/aromatic N) is 2. The van der Waals surface area contributed by atoms with Crippen LogP contribution < -0.4 is 5.73 Å². The zero-order valence-corrected chi connectivity index (χ0v) is 15.6. The Bertz CT molecular complexity index is 557. The lowest BCUT2D eigenvalue weighted by Crippen LogP contribution is -2.16. The summed E-state index contributed by atoms with van der Waals surface area (Å²) in [4.78, 5) is 17.0. The summed E-state index contributed by atoms with van der Waals surface area (Å²) < 4.78 is 0. The van der Waals surface area contributed by atoms with Gasteiger partial charge in [0.05, 0.1) is 5.71 Å². The molecule has 1 fully saturated rings. The lowest BCUT2D eigenvalue weighted by molar-refractivity contribution is -0.106. The van der Waals surface area contributed by atoms with E-state index in [0.29, 0.717) is 18.1 Å². The highest BCUT2D eigenvalue weighted by Crippen LogP contribution is 2.23. The minimum Gasteiger partial charge on any atom is -0.361 e. The molecule has 0 amide bonds. The Kier molecular flexibility index (Phi) is 9.73. The van der Waals surface area contributed by atoms with Crippen molar-refractivity contribution in [3.63, 3.8) is 0 Å². The van der Waals surface area contributed by atoms with Crippen molar-refractivity contribution in [3.05, 3.63) is 48.2 Å². The summed E-state index contributed by atoms with van der Waals surface area (Å²) in [6, 6.07) is 10.3. The Hall–Kier alpha value is -1.98. The number of hydrogen-bond donors (Lipinski definition) is 1. The largest absolute Gasteiger partial charge is 0.361 e. The third-order valence-electron chi connectivity index (χ3n) is 4.35. The van der Waals surface area contributed by atoms with Crippen LogP contribution in [0, 0.1) is 11.8 Å². The van der Waals surface area contributed by atoms with E-state index in [1.54, 1.807) is 0 Å². The van der Waals surface area contributed by atoms with E-state index in [9.17, 15) is 0 Å². The minimum absolute atomic E-state index is 0.139. The fraction of sp³-hybridized carbons (Fsp3) is 0.500. The average molecular weight is 345 g/mol. The van der Waals surface area contributed by atoms with Gasteiger partial charge in [-0.1, -0.05) is 55.9 Å². The van der Waals surface area contributed by atoms with Crippen molar-refractivity contribution in [2.45, 2.75) is 26.7 Å². The van der Waals surface area contributed by atoms with Gasteiger partial charge in [0, 0.05) is 24.9 Å². The third-order valence-corrected chi connectivity index (χ3v) is 4.35. The number of nitrogens with two attached hydrogens (primary N) is 1. The van der Waals surface area contributed by atoms with Crippen molar-refractivity contribution < 1.29 is 9.63 Å². The number of aldehydes is 1. The SMILES string of the molecule is C=C(O/N=C(/c1ccccc1)C(C)CC)C1CCN(C)C1.NCC=O. The predicted molar refractivity (Wildman–Crippen MR) is 103 cm³/mol. The first kappa shape index (κ1) is 21.1. The Morgan fingerprint density at radius 3 is 2.60 bits per heavy atom. The van der Waals surface area contributed by atoms with E-state index in [1.807, 2.05) is 18.2 Å². The van der Waals surface area contributed by atoms with Crippen LogP contribution in [0.25, 0.3) is 0 Å². The van der Waals surface area contributed by atoms with Crippen LogP contribution in [-0.2, 0) is 9.63 Å². The second kappa shape index (κ2) is 11.6. The molecule has 5 nitrogen and oxygen atoms in total. The number of benzene rings is 1. The van der Waals surface area contributed by atoms with Crippen molar-refractivity contribution in [2.24, 2.45) is 22.7 Å². The van der Waals surface area contributed by atoms with Crippen LogP contribution in [0.3, 0.4) is 0 Å². The number of carbonyl (C=O) groups is 1. The molecule has 5 heteroatoms. The molecule has 1 aliphatic heterocycles. The molecule has 2 atom stereocenters. The molecule has 0 radical (unpaired) electrons. The Morgan fingerprint density at radius 2 is 2.12 bits per heavy atom. The highest BCUT2D eigenvalue weighted by molar-refractivity contribution is 6.01. The predicted octanol–water partition coefficient (Wildman–Crippen LogP) is 3.06. The van der Waals surface area contributed by atoms with Gasteiger partial charge in [-0.25, -0.2) is 0 Å². The second-order valence-electron chi connectivity index (χ2n) is 6.36. The van der Waals surface area contributed by atoms with Crippen LogP contribution in [0.15, 0.2) is 47.8 Å². The molecule has 0 aromatic heterocycles. The van der Waals surface area contributed by atoms with E-state index < -0.39 is 0 Å². The molecule has 1 heterocycles. The molecule has 1 saturated heterocycles. The molecule has 1 aromatic carbocycles. The maximum absolute atomic E-state index is 9.05. The van der Waals surface area contributed by atoms with Crippen LogP contribution in [-0.4, -0.2) is 43.6 Å². The summed E-state index contributed by atoms with van der Waals surface area (Å²) in [5, 5.41) is 4.43. The molecule has 1 aromatic rings. The topological polar surface area (TPSA) is 67.9 Å². The third kappa shape index (κ3) is 7.20. The molecular formula is C20H31N3O2. The highest BCUT2D eigenvalue weighted by atomic mass is 16.6. The van der Waals surface area contributed by atoms with Crippen LogP contribution in [0.4, 0.5) is 0 Å². The van der Waals surface area contributed by atoms with E-state index in [4.69, 9.17) is 9.63 Å². The summed E-state index contributed by atoms with van der Waals surface area (Å²) in [6.07, 6.45) is 2.80. The Morgan fingerprint density at radius 1 is 1.48 bits per heavy atom. The van der Waals surface area contributed by atoms with E-state index >= 15 is 0 Å². The zero-order chi connectivity index (χ0) is 18.7. The van der Waals surface area contributed by atoms with Crippen LogP contribution in [0.5, 0.6) is 0 Å². The standard InChI is InChI=1S/C18H26N2O.C2H5NO/c1-5-14(2)18(16-9-7-6-8-10-16)19-21-15(3)17-11-12-20(4)13-17;3-1-2-4/h6-10,14,17H,3,5,11-13H2,1-2,4H3;2H,1,3H2/b19-18+;. The van der Waals surface area contributed by atoms with Crippen LogP contribution >= 0.6 is 0 Å². The van der Waals surface area contributed by atoms with E-state index in [-0.39, 0.29) is 6.54 Å². The summed E-state index contributed by atoms with van der Waals surface area (Å²) in [7, 11) is 2.13. The van der Waals surface area contributed by atoms with Crippen molar-refractivity contribution in [1.29, 1.82) is 0 Å². The van der Waals surface area contributed by atoms with Crippen LogP contribution in [0.2, 0.25) is 0 Å². The van der Waals surface area contributed by atoms with Crippen LogP contribution in [0.1, 0.15) is 32.3 Å². The molecular weight excluding hydrogens is 314 g/mol. The van der Waals surface area contributed by atoms with Crippen molar-refractivity contribution in [3.8, 4) is 0 Å². The average Bonchev–Trinajstić information content (AvgIpc) is 3.09. The number of hydrogen-bond acceptors (Lipinski definition) is 5.